The van der Waals surface area contributed by atoms with Crippen molar-refractivity contribution in [3.63, 3.8) is 0 Å². The number of hydrogen-bond acceptors (Lipinski definition) is 3. The molecule has 0 saturated heterocycles. The Bertz CT molecular complexity index is 642. The van der Waals surface area contributed by atoms with Gasteiger partial charge in [-0.1, -0.05) is 31.5 Å². The minimum absolute atomic E-state index is 0.667. The molecule has 1 aromatic heterocycles. The van der Waals surface area contributed by atoms with E-state index in [-0.39, 0.29) is 0 Å². The van der Waals surface area contributed by atoms with Crippen molar-refractivity contribution in [3.05, 3.63) is 53.2 Å². The molecule has 108 valence electrons. The van der Waals surface area contributed by atoms with Gasteiger partial charge in [0.25, 0.3) is 0 Å². The third-order valence-corrected chi connectivity index (χ3v) is 3.50. The Morgan fingerprint density at radius 1 is 1.19 bits per heavy atom. The third kappa shape index (κ3) is 3.41. The van der Waals surface area contributed by atoms with E-state index >= 15 is 0 Å². The molecule has 0 aliphatic rings. The van der Waals surface area contributed by atoms with Gasteiger partial charge >= 0.3 is 0 Å². The molecular formula is C18H21N3. The van der Waals surface area contributed by atoms with E-state index in [0.29, 0.717) is 5.56 Å². The molecule has 0 aliphatic carbocycles. The van der Waals surface area contributed by atoms with E-state index in [4.69, 9.17) is 0 Å². The molecule has 0 aliphatic heterocycles. The Morgan fingerprint density at radius 2 is 1.90 bits per heavy atom. The summed E-state index contributed by atoms with van der Waals surface area (Å²) in [5.41, 5.74) is 3.68. The summed E-state index contributed by atoms with van der Waals surface area (Å²) in [5.74, 6) is 0.773. The molecule has 0 amide bonds. The van der Waals surface area contributed by atoms with Crippen molar-refractivity contribution in [2.24, 2.45) is 0 Å². The molecular weight excluding hydrogens is 258 g/mol. The van der Waals surface area contributed by atoms with Crippen LogP contribution in [0.5, 0.6) is 0 Å². The predicted molar refractivity (Wildman–Crippen MR) is 86.8 cm³/mol. The van der Waals surface area contributed by atoms with Crippen LogP contribution >= 0.6 is 0 Å². The molecule has 0 spiro atoms. The van der Waals surface area contributed by atoms with E-state index < -0.39 is 0 Å². The van der Waals surface area contributed by atoms with Crippen LogP contribution in [-0.2, 0) is 0 Å². The van der Waals surface area contributed by atoms with E-state index in [0.717, 1.165) is 42.1 Å². The summed E-state index contributed by atoms with van der Waals surface area (Å²) >= 11 is 0. The maximum absolute atomic E-state index is 9.49. The first-order chi connectivity index (χ1) is 10.2. The Hall–Kier alpha value is -2.34. The number of rotatable bonds is 5. The number of pyridine rings is 1. The van der Waals surface area contributed by atoms with Crippen LogP contribution in [0.2, 0.25) is 0 Å². The normalized spacial score (nSPS) is 10.2. The van der Waals surface area contributed by atoms with Gasteiger partial charge in [-0.2, -0.15) is 5.26 Å². The van der Waals surface area contributed by atoms with Crippen LogP contribution in [0.1, 0.15) is 36.6 Å². The lowest BCUT2D eigenvalue weighted by molar-refractivity contribution is 0.777. The number of unbranched alkanes of at least 4 members (excludes halogenated alkanes) is 1. The topological polar surface area (TPSA) is 39.9 Å². The van der Waals surface area contributed by atoms with Crippen molar-refractivity contribution < 1.29 is 0 Å². The van der Waals surface area contributed by atoms with E-state index in [1.54, 1.807) is 0 Å². The molecule has 0 bridgehead atoms. The van der Waals surface area contributed by atoms with Crippen LogP contribution in [0.4, 0.5) is 11.5 Å². The van der Waals surface area contributed by atoms with Gasteiger partial charge in [0, 0.05) is 17.9 Å². The van der Waals surface area contributed by atoms with Crippen LogP contribution in [-0.4, -0.2) is 11.5 Å². The molecule has 0 fully saturated rings. The van der Waals surface area contributed by atoms with Gasteiger partial charge in [-0.05, 0) is 44.0 Å². The largest absolute Gasteiger partial charge is 0.325 e. The van der Waals surface area contributed by atoms with E-state index in [2.05, 4.69) is 35.0 Å². The van der Waals surface area contributed by atoms with Gasteiger partial charge in [-0.25, -0.2) is 4.98 Å². The van der Waals surface area contributed by atoms with Crippen LogP contribution in [0.25, 0.3) is 0 Å². The summed E-state index contributed by atoms with van der Waals surface area (Å²) in [7, 11) is 0. The van der Waals surface area contributed by atoms with Crippen molar-refractivity contribution in [1.29, 1.82) is 5.26 Å². The van der Waals surface area contributed by atoms with Crippen molar-refractivity contribution in [2.45, 2.75) is 33.6 Å². The number of anilines is 2. The summed E-state index contributed by atoms with van der Waals surface area (Å²) < 4.78 is 0. The lowest BCUT2D eigenvalue weighted by atomic mass is 10.1. The minimum Gasteiger partial charge on any atom is -0.325 e. The molecule has 2 aromatic rings. The summed E-state index contributed by atoms with van der Waals surface area (Å²) in [4.78, 5) is 6.79. The molecule has 1 aromatic carbocycles. The zero-order chi connectivity index (χ0) is 15.2. The van der Waals surface area contributed by atoms with Crippen LogP contribution in [0, 0.1) is 25.2 Å². The number of benzene rings is 1. The van der Waals surface area contributed by atoms with Gasteiger partial charge < -0.3 is 4.90 Å². The number of nitrogens with zero attached hydrogens (tertiary/aromatic N) is 3. The number of hydrogen-bond donors (Lipinski definition) is 0. The summed E-state index contributed by atoms with van der Waals surface area (Å²) in [5, 5.41) is 9.49. The molecule has 0 N–H and O–H groups in total. The number of para-hydroxylation sites is 1. The molecule has 21 heavy (non-hydrogen) atoms. The van der Waals surface area contributed by atoms with Gasteiger partial charge in [-0.15, -0.1) is 0 Å². The smallest absolute Gasteiger partial charge is 0.151 e. The molecule has 3 nitrogen and oxygen atoms in total. The first-order valence-electron chi connectivity index (χ1n) is 7.38. The zero-order valence-electron chi connectivity index (χ0n) is 12.9. The lowest BCUT2D eigenvalue weighted by Gasteiger charge is -2.25. The Kier molecular flexibility index (Phi) is 4.94. The molecule has 1 heterocycles. The van der Waals surface area contributed by atoms with Crippen LogP contribution in [0.3, 0.4) is 0 Å². The predicted octanol–water partition coefficient (Wildman–Crippen LogP) is 4.51. The fourth-order valence-corrected chi connectivity index (χ4v) is 2.43. The summed E-state index contributed by atoms with van der Waals surface area (Å²) in [6.45, 7) is 6.98. The second-order valence-electron chi connectivity index (χ2n) is 5.23. The Labute approximate surface area is 126 Å². The Morgan fingerprint density at radius 3 is 2.52 bits per heavy atom. The number of nitriles is 1. The fourth-order valence-electron chi connectivity index (χ4n) is 2.43. The highest BCUT2D eigenvalue weighted by Gasteiger charge is 2.17. The van der Waals surface area contributed by atoms with Crippen LogP contribution in [0.15, 0.2) is 36.4 Å². The fraction of sp³-hybridized carbons (Fsp3) is 0.333. The molecule has 2 rings (SSSR count). The first-order valence-corrected chi connectivity index (χ1v) is 7.38. The average molecular weight is 279 g/mol. The highest BCUT2D eigenvalue weighted by molar-refractivity contribution is 5.67. The molecule has 0 unspecified atom stereocenters. The average Bonchev–Trinajstić information content (AvgIpc) is 2.48. The second-order valence-corrected chi connectivity index (χ2v) is 5.23. The highest BCUT2D eigenvalue weighted by Crippen LogP contribution is 2.29. The van der Waals surface area contributed by atoms with E-state index in [9.17, 15) is 5.26 Å². The van der Waals surface area contributed by atoms with Gasteiger partial charge in [0.1, 0.15) is 6.07 Å². The minimum atomic E-state index is 0.667. The second kappa shape index (κ2) is 6.90. The standard InChI is InChI=1S/C18H21N3/c1-4-5-11-21(16-9-7-6-8-10-16)18-17(13-19)14(2)12-15(3)20-18/h6-10,12H,4-5,11H2,1-3H3. The quantitative estimate of drug-likeness (QED) is 0.808. The maximum atomic E-state index is 9.49. The lowest BCUT2D eigenvalue weighted by Crippen LogP contribution is -2.21. The van der Waals surface area contributed by atoms with Crippen molar-refractivity contribution >= 4 is 11.5 Å². The van der Waals surface area contributed by atoms with Gasteiger partial charge in [0.05, 0.1) is 5.56 Å². The van der Waals surface area contributed by atoms with Gasteiger partial charge in [0.15, 0.2) is 5.82 Å². The molecule has 0 radical (unpaired) electrons. The van der Waals surface area contributed by atoms with Crippen LogP contribution < -0.4 is 4.90 Å². The van der Waals surface area contributed by atoms with Crippen molar-refractivity contribution in [2.75, 3.05) is 11.4 Å². The SMILES string of the molecule is CCCCN(c1ccccc1)c1nc(C)cc(C)c1C#N. The van der Waals surface area contributed by atoms with E-state index in [1.807, 2.05) is 38.1 Å². The van der Waals surface area contributed by atoms with Gasteiger partial charge in [0.2, 0.25) is 0 Å². The van der Waals surface area contributed by atoms with Crippen molar-refractivity contribution in [3.8, 4) is 6.07 Å². The monoisotopic (exact) mass is 279 g/mol. The Balaban J connectivity index is 2.54. The number of aryl methyl sites for hydroxylation is 2. The highest BCUT2D eigenvalue weighted by atomic mass is 15.2. The zero-order valence-corrected chi connectivity index (χ0v) is 12.9. The third-order valence-electron chi connectivity index (χ3n) is 3.50. The van der Waals surface area contributed by atoms with Gasteiger partial charge in [-0.3, -0.25) is 0 Å². The van der Waals surface area contributed by atoms with Crippen molar-refractivity contribution in [1.82, 2.24) is 4.98 Å². The summed E-state index contributed by atoms with van der Waals surface area (Å²) in [6.07, 6.45) is 2.17. The molecule has 0 saturated carbocycles. The summed E-state index contributed by atoms with van der Waals surface area (Å²) in [6, 6.07) is 14.4. The maximum Gasteiger partial charge on any atom is 0.151 e. The van der Waals surface area contributed by atoms with E-state index in [1.165, 1.54) is 0 Å². The molecule has 3 heteroatoms. The number of aromatic nitrogens is 1. The molecule has 0 atom stereocenters. The first kappa shape index (κ1) is 15.1.